The van der Waals surface area contributed by atoms with Gasteiger partial charge in [-0.15, -0.1) is 11.3 Å². The summed E-state index contributed by atoms with van der Waals surface area (Å²) in [6, 6.07) is 0.256. The number of aromatic nitrogens is 4. The van der Waals surface area contributed by atoms with E-state index in [0.717, 1.165) is 5.01 Å². The van der Waals surface area contributed by atoms with Gasteiger partial charge in [0.2, 0.25) is 5.28 Å². The zero-order valence-corrected chi connectivity index (χ0v) is 11.0. The van der Waals surface area contributed by atoms with Gasteiger partial charge in [-0.05, 0) is 25.4 Å². The molecular formula is C10H11ClN4OS. The van der Waals surface area contributed by atoms with Crippen molar-refractivity contribution >= 4 is 22.9 Å². The lowest BCUT2D eigenvalue weighted by Gasteiger charge is -2.08. The lowest BCUT2D eigenvalue weighted by molar-refractivity contribution is 0.220. The Hall–Kier alpha value is -1.27. The van der Waals surface area contributed by atoms with Crippen LogP contribution in [0.3, 0.4) is 0 Å². The molecule has 0 N–H and O–H groups in total. The summed E-state index contributed by atoms with van der Waals surface area (Å²) < 4.78 is 5.39. The maximum atomic E-state index is 5.81. The molecule has 0 saturated carbocycles. The molecule has 2 aromatic rings. The van der Waals surface area contributed by atoms with Crippen molar-refractivity contribution in [3.05, 3.63) is 27.7 Å². The summed E-state index contributed by atoms with van der Waals surface area (Å²) in [5.41, 5.74) is 0. The van der Waals surface area contributed by atoms with Crippen molar-refractivity contribution in [2.45, 2.75) is 26.4 Å². The zero-order valence-electron chi connectivity index (χ0n) is 9.42. The van der Waals surface area contributed by atoms with Crippen LogP contribution < -0.4 is 4.74 Å². The highest BCUT2D eigenvalue weighted by atomic mass is 35.5. The van der Waals surface area contributed by atoms with Gasteiger partial charge in [0.1, 0.15) is 10.8 Å². The van der Waals surface area contributed by atoms with Gasteiger partial charge in [-0.2, -0.15) is 9.97 Å². The lowest BCUT2D eigenvalue weighted by Crippen LogP contribution is -2.10. The first-order chi connectivity index (χ1) is 8.13. The summed E-state index contributed by atoms with van der Waals surface area (Å²) in [5, 5.41) is 2.98. The molecule has 0 radical (unpaired) electrons. The number of thiazole rings is 1. The number of hydrogen-bond acceptors (Lipinski definition) is 6. The van der Waals surface area contributed by atoms with E-state index in [9.17, 15) is 0 Å². The van der Waals surface area contributed by atoms with E-state index in [2.05, 4.69) is 19.9 Å². The number of hydrogen-bond donors (Lipinski definition) is 0. The molecule has 17 heavy (non-hydrogen) atoms. The SMILES string of the molecule is CC(C)Oc1nc(Cl)nc(Cc2nccs2)n1. The van der Waals surface area contributed by atoms with Gasteiger partial charge < -0.3 is 4.74 Å². The van der Waals surface area contributed by atoms with Crippen LogP contribution >= 0.6 is 22.9 Å². The smallest absolute Gasteiger partial charge is 0.321 e. The fourth-order valence-electron chi connectivity index (χ4n) is 1.19. The van der Waals surface area contributed by atoms with Crippen molar-refractivity contribution in [3.63, 3.8) is 0 Å². The molecule has 0 aliphatic carbocycles. The Labute approximate surface area is 108 Å². The van der Waals surface area contributed by atoms with Gasteiger partial charge in [0.05, 0.1) is 12.5 Å². The van der Waals surface area contributed by atoms with Gasteiger partial charge in [-0.25, -0.2) is 9.97 Å². The van der Waals surface area contributed by atoms with Gasteiger partial charge >= 0.3 is 6.01 Å². The Morgan fingerprint density at radius 3 is 2.82 bits per heavy atom. The highest BCUT2D eigenvalue weighted by Gasteiger charge is 2.09. The third kappa shape index (κ3) is 3.61. The van der Waals surface area contributed by atoms with E-state index in [1.54, 1.807) is 17.5 Å². The Morgan fingerprint density at radius 2 is 2.18 bits per heavy atom. The average Bonchev–Trinajstić information content (AvgIpc) is 2.67. The fraction of sp³-hybridized carbons (Fsp3) is 0.400. The average molecular weight is 271 g/mol. The van der Waals surface area contributed by atoms with Crippen LogP contribution in [0.5, 0.6) is 6.01 Å². The van der Waals surface area contributed by atoms with Crippen LogP contribution in [0, 0.1) is 0 Å². The highest BCUT2D eigenvalue weighted by Crippen LogP contribution is 2.14. The second kappa shape index (κ2) is 5.37. The van der Waals surface area contributed by atoms with Gasteiger partial charge in [-0.1, -0.05) is 0 Å². The molecule has 0 saturated heterocycles. The van der Waals surface area contributed by atoms with Crippen LogP contribution in [0.25, 0.3) is 0 Å². The number of rotatable bonds is 4. The summed E-state index contributed by atoms with van der Waals surface area (Å²) in [4.78, 5) is 16.3. The highest BCUT2D eigenvalue weighted by molar-refractivity contribution is 7.09. The van der Waals surface area contributed by atoms with Crippen LogP contribution in [0.4, 0.5) is 0 Å². The van der Waals surface area contributed by atoms with E-state index in [1.165, 1.54) is 0 Å². The number of ether oxygens (including phenoxy) is 1. The minimum Gasteiger partial charge on any atom is -0.461 e. The first-order valence-corrected chi connectivity index (χ1v) is 6.34. The third-order valence-electron chi connectivity index (χ3n) is 1.77. The van der Waals surface area contributed by atoms with Crippen molar-refractivity contribution in [2.75, 3.05) is 0 Å². The second-order valence-electron chi connectivity index (χ2n) is 3.57. The maximum Gasteiger partial charge on any atom is 0.321 e. The third-order valence-corrected chi connectivity index (χ3v) is 2.72. The molecule has 90 valence electrons. The van der Waals surface area contributed by atoms with Crippen LogP contribution in [0.15, 0.2) is 11.6 Å². The van der Waals surface area contributed by atoms with Gasteiger partial charge in [0.25, 0.3) is 0 Å². The Bertz CT molecular complexity index is 489. The molecule has 0 atom stereocenters. The predicted octanol–water partition coefficient (Wildman–Crippen LogP) is 2.36. The second-order valence-corrected chi connectivity index (χ2v) is 4.89. The predicted molar refractivity (Wildman–Crippen MR) is 65.5 cm³/mol. The topological polar surface area (TPSA) is 60.8 Å². The molecule has 5 nitrogen and oxygen atoms in total. The van der Waals surface area contributed by atoms with Crippen LogP contribution in [0.2, 0.25) is 5.28 Å². The van der Waals surface area contributed by atoms with Gasteiger partial charge in [0.15, 0.2) is 0 Å². The molecule has 0 bridgehead atoms. The molecule has 7 heteroatoms. The molecule has 0 fully saturated rings. The van der Waals surface area contributed by atoms with Crippen molar-refractivity contribution in [3.8, 4) is 6.01 Å². The molecule has 0 unspecified atom stereocenters. The molecule has 0 amide bonds. The maximum absolute atomic E-state index is 5.81. The molecule has 0 aliphatic heterocycles. The number of nitrogens with zero attached hydrogens (tertiary/aromatic N) is 4. The fourth-order valence-corrected chi connectivity index (χ4v) is 1.97. The van der Waals surface area contributed by atoms with Crippen molar-refractivity contribution in [1.29, 1.82) is 0 Å². The summed E-state index contributed by atoms with van der Waals surface area (Å²) >= 11 is 7.36. The Morgan fingerprint density at radius 1 is 1.35 bits per heavy atom. The lowest BCUT2D eigenvalue weighted by atomic mass is 10.4. The molecular weight excluding hydrogens is 260 g/mol. The molecule has 0 spiro atoms. The van der Waals surface area contributed by atoms with E-state index >= 15 is 0 Å². The van der Waals surface area contributed by atoms with E-state index in [1.807, 2.05) is 19.2 Å². The van der Waals surface area contributed by atoms with Gasteiger partial charge in [0, 0.05) is 11.6 Å². The molecule has 2 rings (SSSR count). The van der Waals surface area contributed by atoms with Crippen molar-refractivity contribution in [1.82, 2.24) is 19.9 Å². The van der Waals surface area contributed by atoms with Crippen LogP contribution in [-0.4, -0.2) is 26.0 Å². The van der Waals surface area contributed by atoms with Gasteiger partial charge in [-0.3, -0.25) is 0 Å². The Balaban J connectivity index is 2.19. The first-order valence-electron chi connectivity index (χ1n) is 5.09. The Kier molecular flexibility index (Phi) is 3.86. The van der Waals surface area contributed by atoms with E-state index in [-0.39, 0.29) is 17.4 Å². The zero-order chi connectivity index (χ0) is 12.3. The molecule has 0 aliphatic rings. The van der Waals surface area contributed by atoms with Crippen LogP contribution in [0.1, 0.15) is 24.7 Å². The molecule has 0 aromatic carbocycles. The summed E-state index contributed by atoms with van der Waals surface area (Å²) in [6.45, 7) is 3.80. The number of halogens is 1. The summed E-state index contributed by atoms with van der Waals surface area (Å²) in [5.74, 6) is 0.565. The summed E-state index contributed by atoms with van der Waals surface area (Å²) in [6.07, 6.45) is 2.28. The standard InChI is InChI=1S/C10H11ClN4OS/c1-6(2)16-10-14-7(13-9(11)15-10)5-8-12-3-4-17-8/h3-4,6H,5H2,1-2H3. The minimum atomic E-state index is 0.00109. The first kappa shape index (κ1) is 12.2. The van der Waals surface area contributed by atoms with Crippen molar-refractivity contribution < 1.29 is 4.74 Å². The quantitative estimate of drug-likeness (QED) is 0.853. The largest absolute Gasteiger partial charge is 0.461 e. The molecule has 2 aromatic heterocycles. The van der Waals surface area contributed by atoms with E-state index in [4.69, 9.17) is 16.3 Å². The minimum absolute atomic E-state index is 0.00109. The van der Waals surface area contributed by atoms with Crippen molar-refractivity contribution in [2.24, 2.45) is 0 Å². The normalized spacial score (nSPS) is 10.8. The summed E-state index contributed by atoms with van der Waals surface area (Å²) in [7, 11) is 0. The molecule has 2 heterocycles. The van der Waals surface area contributed by atoms with E-state index < -0.39 is 0 Å². The van der Waals surface area contributed by atoms with E-state index in [0.29, 0.717) is 12.2 Å². The van der Waals surface area contributed by atoms with Crippen LogP contribution in [-0.2, 0) is 6.42 Å². The monoisotopic (exact) mass is 270 g/mol.